The van der Waals surface area contributed by atoms with Crippen LogP contribution in [-0.2, 0) is 0 Å². The summed E-state index contributed by atoms with van der Waals surface area (Å²) >= 11 is 0. The highest BCUT2D eigenvalue weighted by molar-refractivity contribution is 6.05. The van der Waals surface area contributed by atoms with Crippen LogP contribution in [0.15, 0.2) is 89.3 Å². The standard InChI is InChI=1S/C25H18N2O2/c1-17-9-8-14-20(15-17)24(28)27-25-21(16-26)22(18-10-4-2-5-11-18)23(29-25)19-12-6-3-7-13-19/h2-15H,1H3,(H,27,28). The van der Waals surface area contributed by atoms with Crippen molar-refractivity contribution in [3.05, 3.63) is 102 Å². The molecule has 0 unspecified atom stereocenters. The van der Waals surface area contributed by atoms with Gasteiger partial charge in [-0.1, -0.05) is 78.4 Å². The molecule has 4 rings (SSSR count). The van der Waals surface area contributed by atoms with Crippen molar-refractivity contribution >= 4 is 11.8 Å². The molecule has 4 nitrogen and oxygen atoms in total. The van der Waals surface area contributed by atoms with Crippen molar-refractivity contribution in [2.24, 2.45) is 0 Å². The fraction of sp³-hybridized carbons (Fsp3) is 0.0400. The van der Waals surface area contributed by atoms with Crippen LogP contribution in [-0.4, -0.2) is 5.91 Å². The van der Waals surface area contributed by atoms with Crippen LogP contribution in [0, 0.1) is 18.3 Å². The van der Waals surface area contributed by atoms with Crippen molar-refractivity contribution < 1.29 is 9.21 Å². The normalized spacial score (nSPS) is 10.3. The van der Waals surface area contributed by atoms with E-state index in [2.05, 4.69) is 11.4 Å². The number of hydrogen-bond acceptors (Lipinski definition) is 3. The van der Waals surface area contributed by atoms with Gasteiger partial charge in [-0.25, -0.2) is 0 Å². The number of nitriles is 1. The van der Waals surface area contributed by atoms with Crippen molar-refractivity contribution in [1.29, 1.82) is 5.26 Å². The molecule has 4 heteroatoms. The molecule has 1 heterocycles. The number of amides is 1. The molecule has 0 aliphatic rings. The van der Waals surface area contributed by atoms with Gasteiger partial charge in [0.15, 0.2) is 0 Å². The third-order valence-corrected chi connectivity index (χ3v) is 4.63. The van der Waals surface area contributed by atoms with E-state index in [9.17, 15) is 10.1 Å². The van der Waals surface area contributed by atoms with Gasteiger partial charge in [0, 0.05) is 16.7 Å². The van der Waals surface area contributed by atoms with Crippen molar-refractivity contribution in [2.45, 2.75) is 6.92 Å². The lowest BCUT2D eigenvalue weighted by molar-refractivity contribution is 0.102. The van der Waals surface area contributed by atoms with Gasteiger partial charge in [-0.3, -0.25) is 10.1 Å². The smallest absolute Gasteiger partial charge is 0.258 e. The fourth-order valence-corrected chi connectivity index (χ4v) is 3.26. The number of carbonyl (C=O) groups is 1. The maximum absolute atomic E-state index is 12.7. The van der Waals surface area contributed by atoms with E-state index in [1.54, 1.807) is 12.1 Å². The van der Waals surface area contributed by atoms with Crippen molar-refractivity contribution in [3.63, 3.8) is 0 Å². The minimum Gasteiger partial charge on any atom is -0.438 e. The Bertz CT molecular complexity index is 1200. The van der Waals surface area contributed by atoms with Crippen LogP contribution < -0.4 is 5.32 Å². The van der Waals surface area contributed by atoms with Gasteiger partial charge in [0.05, 0.1) is 0 Å². The number of hydrogen-bond donors (Lipinski definition) is 1. The first-order valence-electron chi connectivity index (χ1n) is 9.23. The first kappa shape index (κ1) is 18.3. The number of nitrogens with one attached hydrogen (secondary N) is 1. The van der Waals surface area contributed by atoms with Crippen molar-refractivity contribution in [1.82, 2.24) is 0 Å². The molecule has 0 spiro atoms. The van der Waals surface area contributed by atoms with Crippen LogP contribution >= 0.6 is 0 Å². The summed E-state index contributed by atoms with van der Waals surface area (Å²) in [6.45, 7) is 1.92. The Morgan fingerprint density at radius 1 is 0.897 bits per heavy atom. The molecule has 140 valence electrons. The van der Waals surface area contributed by atoms with Crippen LogP contribution in [0.4, 0.5) is 5.88 Å². The topological polar surface area (TPSA) is 66.0 Å². The number of anilines is 1. The molecular weight excluding hydrogens is 360 g/mol. The average molecular weight is 378 g/mol. The second-order valence-electron chi connectivity index (χ2n) is 6.68. The summed E-state index contributed by atoms with van der Waals surface area (Å²) in [5, 5.41) is 12.7. The Hall–Kier alpha value is -4.10. The Labute approximate surface area is 169 Å². The molecule has 0 saturated heterocycles. The second-order valence-corrected chi connectivity index (χ2v) is 6.68. The molecule has 1 amide bonds. The molecule has 0 fully saturated rings. The Morgan fingerprint density at radius 2 is 1.55 bits per heavy atom. The van der Waals surface area contributed by atoms with Gasteiger partial charge >= 0.3 is 0 Å². The van der Waals surface area contributed by atoms with Crippen LogP contribution in [0.5, 0.6) is 0 Å². The molecule has 3 aromatic carbocycles. The predicted octanol–water partition coefficient (Wildman–Crippen LogP) is 6.05. The third-order valence-electron chi connectivity index (χ3n) is 4.63. The molecule has 0 aliphatic carbocycles. The summed E-state index contributed by atoms with van der Waals surface area (Å²) < 4.78 is 6.05. The van der Waals surface area contributed by atoms with Gasteiger partial charge in [-0.2, -0.15) is 5.26 Å². The van der Waals surface area contributed by atoms with E-state index in [0.29, 0.717) is 22.5 Å². The maximum Gasteiger partial charge on any atom is 0.258 e. The highest BCUT2D eigenvalue weighted by Crippen LogP contribution is 2.41. The summed E-state index contributed by atoms with van der Waals surface area (Å²) in [5.41, 5.74) is 4.14. The number of furan rings is 1. The third kappa shape index (κ3) is 3.67. The van der Waals surface area contributed by atoms with E-state index in [1.807, 2.05) is 79.7 Å². The molecule has 0 aliphatic heterocycles. The highest BCUT2D eigenvalue weighted by Gasteiger charge is 2.24. The molecule has 0 radical (unpaired) electrons. The Balaban J connectivity index is 1.84. The lowest BCUT2D eigenvalue weighted by Gasteiger charge is -2.03. The summed E-state index contributed by atoms with van der Waals surface area (Å²) in [6, 6.07) is 28.6. The molecule has 0 bridgehead atoms. The number of carbonyl (C=O) groups excluding carboxylic acids is 1. The van der Waals surface area contributed by atoms with Crippen molar-refractivity contribution in [3.8, 4) is 28.5 Å². The van der Waals surface area contributed by atoms with Crippen LogP contribution in [0.3, 0.4) is 0 Å². The molecule has 4 aromatic rings. The number of benzene rings is 3. The summed E-state index contributed by atoms with van der Waals surface area (Å²) in [6.07, 6.45) is 0. The minimum absolute atomic E-state index is 0.150. The molecular formula is C25H18N2O2. The first-order valence-corrected chi connectivity index (χ1v) is 9.23. The quantitative estimate of drug-likeness (QED) is 0.470. The van der Waals surface area contributed by atoms with Gasteiger partial charge in [0.25, 0.3) is 5.91 Å². The fourth-order valence-electron chi connectivity index (χ4n) is 3.26. The molecule has 0 saturated carbocycles. The van der Waals surface area contributed by atoms with Crippen molar-refractivity contribution in [2.75, 3.05) is 5.32 Å². The van der Waals surface area contributed by atoms with Gasteiger partial charge in [0.2, 0.25) is 5.88 Å². The van der Waals surface area contributed by atoms with E-state index in [4.69, 9.17) is 4.42 Å². The number of nitrogens with zero attached hydrogens (tertiary/aromatic N) is 1. The predicted molar refractivity (Wildman–Crippen MR) is 113 cm³/mol. The summed E-state index contributed by atoms with van der Waals surface area (Å²) in [5.74, 6) is 0.378. The molecule has 1 aromatic heterocycles. The number of aryl methyl sites for hydroxylation is 1. The van der Waals surface area contributed by atoms with E-state index >= 15 is 0 Å². The zero-order chi connectivity index (χ0) is 20.2. The van der Waals surface area contributed by atoms with E-state index < -0.39 is 0 Å². The summed E-state index contributed by atoms with van der Waals surface area (Å²) in [4.78, 5) is 12.7. The van der Waals surface area contributed by atoms with Gasteiger partial charge < -0.3 is 4.42 Å². The maximum atomic E-state index is 12.7. The van der Waals surface area contributed by atoms with Gasteiger partial charge in [-0.05, 0) is 24.6 Å². The molecule has 0 atom stereocenters. The average Bonchev–Trinajstić information content (AvgIpc) is 3.13. The SMILES string of the molecule is Cc1cccc(C(=O)Nc2oc(-c3ccccc3)c(-c3ccccc3)c2C#N)c1. The highest BCUT2D eigenvalue weighted by atomic mass is 16.4. The second kappa shape index (κ2) is 7.87. The zero-order valence-electron chi connectivity index (χ0n) is 15.8. The lowest BCUT2D eigenvalue weighted by Crippen LogP contribution is -2.12. The Morgan fingerprint density at radius 3 is 2.17 bits per heavy atom. The Kier molecular flexibility index (Phi) is 4.96. The van der Waals surface area contributed by atoms with Gasteiger partial charge in [-0.15, -0.1) is 0 Å². The first-order chi connectivity index (χ1) is 14.2. The summed E-state index contributed by atoms with van der Waals surface area (Å²) in [7, 11) is 0. The zero-order valence-corrected chi connectivity index (χ0v) is 15.8. The molecule has 1 N–H and O–H groups in total. The van der Waals surface area contributed by atoms with Crippen LogP contribution in [0.25, 0.3) is 22.5 Å². The number of rotatable bonds is 4. The minimum atomic E-state index is -0.321. The molecule has 29 heavy (non-hydrogen) atoms. The lowest BCUT2D eigenvalue weighted by atomic mass is 9.98. The largest absolute Gasteiger partial charge is 0.438 e. The van der Waals surface area contributed by atoms with E-state index in [-0.39, 0.29) is 11.8 Å². The van der Waals surface area contributed by atoms with Crippen LogP contribution in [0.1, 0.15) is 21.5 Å². The van der Waals surface area contributed by atoms with E-state index in [0.717, 1.165) is 16.7 Å². The van der Waals surface area contributed by atoms with E-state index in [1.165, 1.54) is 0 Å². The van der Waals surface area contributed by atoms with Crippen LogP contribution in [0.2, 0.25) is 0 Å². The van der Waals surface area contributed by atoms with Gasteiger partial charge in [0.1, 0.15) is 17.4 Å². The monoisotopic (exact) mass is 378 g/mol.